The number of aromatic nitrogens is 4. The fourth-order valence-corrected chi connectivity index (χ4v) is 7.49. The van der Waals surface area contributed by atoms with Gasteiger partial charge in [-0.1, -0.05) is 109 Å². The van der Waals surface area contributed by atoms with E-state index in [0.29, 0.717) is 39.6 Å². The quantitative estimate of drug-likeness (QED) is 0.177. The lowest BCUT2D eigenvalue weighted by molar-refractivity contribution is -0.137. The van der Waals surface area contributed by atoms with Crippen molar-refractivity contribution in [2.75, 3.05) is 0 Å². The number of nitrogens with zero attached hydrogens (tertiary/aromatic N) is 4. The molecule has 10 aromatic rings. The normalized spacial score (nSPS) is 12.0. The molecule has 0 atom stereocenters. The highest BCUT2D eigenvalue weighted by Gasteiger charge is 2.31. The Morgan fingerprint density at radius 2 is 1.05 bits per heavy atom. The minimum absolute atomic E-state index is 0.383. The van der Waals surface area contributed by atoms with E-state index < -0.39 is 11.7 Å². The van der Waals surface area contributed by atoms with Crippen LogP contribution >= 0.6 is 0 Å². The molecule has 264 valence electrons. The second kappa shape index (κ2) is 12.5. The van der Waals surface area contributed by atoms with E-state index in [9.17, 15) is 13.2 Å². The fourth-order valence-electron chi connectivity index (χ4n) is 7.49. The summed E-state index contributed by atoms with van der Waals surface area (Å²) in [6.07, 6.45) is -4.53. The number of aryl methyl sites for hydroxylation is 1. The smallest absolute Gasteiger partial charge is 0.416 e. The second-order valence-corrected chi connectivity index (χ2v) is 13.7. The third kappa shape index (κ3) is 5.61. The fraction of sp³-hybridized carbons (Fsp3) is 0.0426. The Hall–Kier alpha value is -7.06. The van der Waals surface area contributed by atoms with Crippen LogP contribution in [0.5, 0.6) is 0 Å². The molecule has 0 spiro atoms. The first-order valence-electron chi connectivity index (χ1n) is 17.8. The van der Waals surface area contributed by atoms with Crippen molar-refractivity contribution in [2.45, 2.75) is 13.1 Å². The predicted molar refractivity (Wildman–Crippen MR) is 213 cm³/mol. The Labute approximate surface area is 313 Å². The van der Waals surface area contributed by atoms with Gasteiger partial charge in [0, 0.05) is 38.2 Å². The van der Waals surface area contributed by atoms with Crippen LogP contribution in [0.4, 0.5) is 13.2 Å². The minimum atomic E-state index is -4.53. The summed E-state index contributed by atoms with van der Waals surface area (Å²) in [6.45, 7) is 1.98. The molecule has 0 saturated carbocycles. The molecule has 0 N–H and O–H groups in total. The van der Waals surface area contributed by atoms with Gasteiger partial charge >= 0.3 is 6.18 Å². The van der Waals surface area contributed by atoms with Gasteiger partial charge in [0.05, 0.1) is 22.3 Å². The molecule has 0 bridgehead atoms. The molecule has 0 aliphatic carbocycles. The Morgan fingerprint density at radius 1 is 0.473 bits per heavy atom. The lowest BCUT2D eigenvalue weighted by atomic mass is 9.99. The molecule has 55 heavy (non-hydrogen) atoms. The summed E-state index contributed by atoms with van der Waals surface area (Å²) in [7, 11) is 0. The Morgan fingerprint density at radius 3 is 1.76 bits per heavy atom. The van der Waals surface area contributed by atoms with Gasteiger partial charge in [-0.05, 0) is 72.1 Å². The van der Waals surface area contributed by atoms with Crippen LogP contribution in [0.2, 0.25) is 0 Å². The van der Waals surface area contributed by atoms with Crippen LogP contribution in [0, 0.1) is 6.92 Å². The SMILES string of the molecule is Cc1ccc2c3ccc(C(F)(F)F)cc3n(-c3ccc(-c4ccc5oc6ccccc6c5c4)cc3-c3nc(-c4ccccc4)nc(-c4ccccc4)n3)c2c1. The zero-order chi connectivity index (χ0) is 37.3. The number of halogens is 3. The van der Waals surface area contributed by atoms with Crippen molar-refractivity contribution < 1.29 is 17.6 Å². The summed E-state index contributed by atoms with van der Waals surface area (Å²) in [6, 6.07) is 49.3. The first kappa shape index (κ1) is 32.6. The van der Waals surface area contributed by atoms with Gasteiger partial charge in [0.2, 0.25) is 0 Å². The zero-order valence-electron chi connectivity index (χ0n) is 29.3. The number of furan rings is 1. The van der Waals surface area contributed by atoms with Gasteiger partial charge in [0.1, 0.15) is 11.2 Å². The molecule has 3 heterocycles. The van der Waals surface area contributed by atoms with Crippen molar-refractivity contribution >= 4 is 43.7 Å². The maximum atomic E-state index is 14.3. The van der Waals surface area contributed by atoms with Gasteiger partial charge in [-0.25, -0.2) is 15.0 Å². The van der Waals surface area contributed by atoms with E-state index >= 15 is 0 Å². The number of para-hydroxylation sites is 1. The zero-order valence-corrected chi connectivity index (χ0v) is 29.3. The summed E-state index contributed by atoms with van der Waals surface area (Å²) in [5.41, 5.74) is 7.72. The summed E-state index contributed by atoms with van der Waals surface area (Å²) in [5, 5.41) is 3.54. The van der Waals surface area contributed by atoms with E-state index in [1.165, 1.54) is 6.07 Å². The molecule has 0 saturated heterocycles. The van der Waals surface area contributed by atoms with E-state index in [-0.39, 0.29) is 0 Å². The predicted octanol–water partition coefficient (Wildman–Crippen LogP) is 12.9. The largest absolute Gasteiger partial charge is 0.456 e. The molecule has 0 fully saturated rings. The molecule has 5 nitrogen and oxygen atoms in total. The van der Waals surface area contributed by atoms with Crippen molar-refractivity contribution in [3.63, 3.8) is 0 Å². The summed E-state index contributed by atoms with van der Waals surface area (Å²) in [4.78, 5) is 15.1. The van der Waals surface area contributed by atoms with Gasteiger partial charge in [0.25, 0.3) is 0 Å². The number of hydrogen-bond acceptors (Lipinski definition) is 4. The third-order valence-corrected chi connectivity index (χ3v) is 10.1. The van der Waals surface area contributed by atoms with Crippen molar-refractivity contribution in [2.24, 2.45) is 0 Å². The molecule has 0 aliphatic rings. The van der Waals surface area contributed by atoms with E-state index in [2.05, 4.69) is 6.07 Å². The second-order valence-electron chi connectivity index (χ2n) is 13.7. The van der Waals surface area contributed by atoms with E-state index in [4.69, 9.17) is 19.4 Å². The van der Waals surface area contributed by atoms with E-state index in [0.717, 1.165) is 66.7 Å². The molecular weight excluding hydrogens is 694 g/mol. The van der Waals surface area contributed by atoms with Crippen LogP contribution < -0.4 is 0 Å². The number of fused-ring (bicyclic) bond motifs is 6. The van der Waals surface area contributed by atoms with Gasteiger partial charge in [-0.2, -0.15) is 13.2 Å². The van der Waals surface area contributed by atoms with Crippen LogP contribution in [-0.2, 0) is 6.18 Å². The Kier molecular flexibility index (Phi) is 7.42. The highest BCUT2D eigenvalue weighted by Crippen LogP contribution is 2.41. The molecule has 10 rings (SSSR count). The molecular formula is C47H29F3N4O. The maximum Gasteiger partial charge on any atom is 0.416 e. The summed E-state index contributed by atoms with van der Waals surface area (Å²) < 4.78 is 51.0. The molecule has 7 aromatic carbocycles. The number of rotatable bonds is 5. The van der Waals surface area contributed by atoms with Crippen LogP contribution in [-0.4, -0.2) is 19.5 Å². The van der Waals surface area contributed by atoms with Crippen molar-refractivity contribution in [3.05, 3.63) is 169 Å². The first-order valence-corrected chi connectivity index (χ1v) is 17.8. The molecule has 0 aliphatic heterocycles. The number of hydrogen-bond donors (Lipinski definition) is 0. The molecule has 0 radical (unpaired) electrons. The van der Waals surface area contributed by atoms with Crippen molar-refractivity contribution in [1.29, 1.82) is 0 Å². The monoisotopic (exact) mass is 722 g/mol. The summed E-state index contributed by atoms with van der Waals surface area (Å²) in [5.74, 6) is 1.34. The lowest BCUT2D eigenvalue weighted by Gasteiger charge is -2.17. The van der Waals surface area contributed by atoms with Crippen molar-refractivity contribution in [3.8, 4) is 51.0 Å². The standard InChI is InChI=1S/C47H29F3N4O/c1-28-16-20-34-35-21-19-33(47(48,49)50)27-41(35)54(40(34)24-28)39-22-17-31(32-18-23-43-37(25-32)36-14-8-9-15-42(36)55-43)26-38(39)46-52-44(29-10-4-2-5-11-29)51-45(53-46)30-12-6-3-7-13-30/h2-27H,1H3. The Bertz CT molecular complexity index is 3040. The number of alkyl halides is 3. The topological polar surface area (TPSA) is 56.7 Å². The van der Waals surface area contributed by atoms with E-state index in [1.54, 1.807) is 6.07 Å². The molecule has 0 unspecified atom stereocenters. The van der Waals surface area contributed by atoms with Crippen LogP contribution in [0.25, 0.3) is 94.7 Å². The highest BCUT2D eigenvalue weighted by molar-refractivity contribution is 6.10. The molecule has 3 aromatic heterocycles. The average Bonchev–Trinajstić information content (AvgIpc) is 3.75. The molecule has 0 amide bonds. The van der Waals surface area contributed by atoms with Crippen molar-refractivity contribution in [1.82, 2.24) is 19.5 Å². The number of benzene rings is 7. The van der Waals surface area contributed by atoms with E-state index in [1.807, 2.05) is 145 Å². The van der Waals surface area contributed by atoms with Crippen LogP contribution in [0.15, 0.2) is 162 Å². The lowest BCUT2D eigenvalue weighted by Crippen LogP contribution is -2.06. The van der Waals surface area contributed by atoms with Gasteiger partial charge < -0.3 is 8.98 Å². The van der Waals surface area contributed by atoms with Gasteiger partial charge in [0.15, 0.2) is 17.5 Å². The summed E-state index contributed by atoms with van der Waals surface area (Å²) >= 11 is 0. The van der Waals surface area contributed by atoms with Gasteiger partial charge in [-0.15, -0.1) is 0 Å². The average molecular weight is 723 g/mol. The maximum absolute atomic E-state index is 14.3. The minimum Gasteiger partial charge on any atom is -0.456 e. The van der Waals surface area contributed by atoms with Gasteiger partial charge in [-0.3, -0.25) is 0 Å². The highest BCUT2D eigenvalue weighted by atomic mass is 19.4. The Balaban J connectivity index is 1.29. The molecule has 8 heteroatoms. The van der Waals surface area contributed by atoms with Crippen LogP contribution in [0.1, 0.15) is 11.1 Å². The van der Waals surface area contributed by atoms with Crippen LogP contribution in [0.3, 0.4) is 0 Å². The third-order valence-electron chi connectivity index (χ3n) is 10.1. The first-order chi connectivity index (χ1) is 26.8.